The smallest absolute Gasteiger partial charge is 0.225 e. The van der Waals surface area contributed by atoms with Crippen LogP contribution in [0.25, 0.3) is 0 Å². The van der Waals surface area contributed by atoms with E-state index in [0.29, 0.717) is 18.4 Å². The van der Waals surface area contributed by atoms with Gasteiger partial charge in [0.05, 0.1) is 7.11 Å². The molecule has 5 nitrogen and oxygen atoms in total. The van der Waals surface area contributed by atoms with Crippen LogP contribution in [0.5, 0.6) is 5.75 Å². The zero-order valence-electron chi connectivity index (χ0n) is 16.3. The predicted molar refractivity (Wildman–Crippen MR) is 111 cm³/mol. The van der Waals surface area contributed by atoms with Crippen LogP contribution in [-0.2, 0) is 6.54 Å². The first-order valence-corrected chi connectivity index (χ1v) is 9.13. The van der Waals surface area contributed by atoms with Crippen LogP contribution in [-0.4, -0.2) is 17.1 Å². The van der Waals surface area contributed by atoms with Gasteiger partial charge >= 0.3 is 0 Å². The van der Waals surface area contributed by atoms with Crippen molar-refractivity contribution in [1.29, 1.82) is 0 Å². The van der Waals surface area contributed by atoms with Crippen molar-refractivity contribution < 1.29 is 4.74 Å². The molecule has 1 heterocycles. The Kier molecular flexibility index (Phi) is 5.91. The van der Waals surface area contributed by atoms with Crippen LogP contribution in [0.15, 0.2) is 54.6 Å². The van der Waals surface area contributed by atoms with E-state index in [-0.39, 0.29) is 0 Å². The Morgan fingerprint density at radius 3 is 2.44 bits per heavy atom. The van der Waals surface area contributed by atoms with E-state index in [2.05, 4.69) is 58.7 Å². The van der Waals surface area contributed by atoms with E-state index in [4.69, 9.17) is 4.74 Å². The van der Waals surface area contributed by atoms with Crippen molar-refractivity contribution in [1.82, 2.24) is 9.97 Å². The molecule has 0 spiro atoms. The van der Waals surface area contributed by atoms with Gasteiger partial charge in [-0.25, -0.2) is 4.98 Å². The molecule has 0 atom stereocenters. The number of anilines is 3. The minimum atomic E-state index is 0.520. The van der Waals surface area contributed by atoms with Gasteiger partial charge < -0.3 is 15.4 Å². The highest BCUT2D eigenvalue weighted by atomic mass is 16.5. The average molecular weight is 362 g/mol. The average Bonchev–Trinajstić information content (AvgIpc) is 2.66. The van der Waals surface area contributed by atoms with Crippen molar-refractivity contribution in [2.24, 2.45) is 0 Å². The quantitative estimate of drug-likeness (QED) is 0.599. The van der Waals surface area contributed by atoms with E-state index in [1.807, 2.05) is 37.3 Å². The van der Waals surface area contributed by atoms with Crippen molar-refractivity contribution in [2.75, 3.05) is 17.7 Å². The Morgan fingerprint density at radius 2 is 1.74 bits per heavy atom. The molecule has 1 aromatic heterocycles. The highest BCUT2D eigenvalue weighted by Gasteiger charge is 2.06. The summed E-state index contributed by atoms with van der Waals surface area (Å²) in [5.41, 5.74) is 4.28. The molecular formula is C22H26N4O. The van der Waals surface area contributed by atoms with Crippen LogP contribution in [0.4, 0.5) is 17.5 Å². The number of hydrogen-bond donors (Lipinski definition) is 2. The lowest BCUT2D eigenvalue weighted by molar-refractivity contribution is 0.410. The topological polar surface area (TPSA) is 59.1 Å². The summed E-state index contributed by atoms with van der Waals surface area (Å²) in [5.74, 6) is 2.72. The number of methoxy groups -OCH3 is 1. The molecule has 0 fully saturated rings. The summed E-state index contributed by atoms with van der Waals surface area (Å²) in [6, 6.07) is 18.3. The molecule has 0 aliphatic heterocycles. The number of aryl methyl sites for hydroxylation is 1. The minimum Gasteiger partial charge on any atom is -0.496 e. The predicted octanol–water partition coefficient (Wildman–Crippen LogP) is 5.27. The van der Waals surface area contributed by atoms with Crippen LogP contribution in [0.2, 0.25) is 0 Å². The van der Waals surface area contributed by atoms with Gasteiger partial charge in [-0.3, -0.25) is 0 Å². The molecule has 5 heteroatoms. The van der Waals surface area contributed by atoms with Crippen LogP contribution >= 0.6 is 0 Å². The maximum absolute atomic E-state index is 5.39. The Hall–Kier alpha value is -3.08. The van der Waals surface area contributed by atoms with Crippen molar-refractivity contribution >= 4 is 17.5 Å². The number of hydrogen-bond acceptors (Lipinski definition) is 5. The third-order valence-electron chi connectivity index (χ3n) is 4.33. The van der Waals surface area contributed by atoms with Gasteiger partial charge in [-0.15, -0.1) is 0 Å². The monoisotopic (exact) mass is 362 g/mol. The molecule has 2 aromatic carbocycles. The first kappa shape index (κ1) is 18.7. The number of ether oxygens (including phenoxy) is 1. The summed E-state index contributed by atoms with van der Waals surface area (Å²) >= 11 is 0. The maximum atomic E-state index is 5.39. The molecule has 0 bridgehead atoms. The molecule has 3 rings (SSSR count). The van der Waals surface area contributed by atoms with Gasteiger partial charge in [0, 0.05) is 29.6 Å². The first-order valence-electron chi connectivity index (χ1n) is 9.13. The number of benzene rings is 2. The van der Waals surface area contributed by atoms with E-state index in [1.54, 1.807) is 7.11 Å². The maximum Gasteiger partial charge on any atom is 0.225 e. The number of rotatable bonds is 7. The van der Waals surface area contributed by atoms with E-state index >= 15 is 0 Å². The van der Waals surface area contributed by atoms with Gasteiger partial charge in [0.2, 0.25) is 5.95 Å². The second kappa shape index (κ2) is 8.54. The molecule has 2 N–H and O–H groups in total. The first-order chi connectivity index (χ1) is 13.0. The lowest BCUT2D eigenvalue weighted by atomic mass is 10.0. The van der Waals surface area contributed by atoms with Crippen molar-refractivity contribution in [3.05, 3.63) is 71.4 Å². The van der Waals surface area contributed by atoms with Gasteiger partial charge in [-0.05, 0) is 36.6 Å². The molecule has 0 aliphatic carbocycles. The highest BCUT2D eigenvalue weighted by Crippen LogP contribution is 2.22. The molecule has 0 radical (unpaired) electrons. The lowest BCUT2D eigenvalue weighted by Gasteiger charge is -2.12. The molecule has 140 valence electrons. The summed E-state index contributed by atoms with van der Waals surface area (Å²) in [7, 11) is 1.68. The number of nitrogens with zero attached hydrogens (tertiary/aromatic N) is 2. The van der Waals surface area contributed by atoms with Crippen molar-refractivity contribution in [3.63, 3.8) is 0 Å². The van der Waals surface area contributed by atoms with Gasteiger partial charge in [0.15, 0.2) is 0 Å². The number of aromatic nitrogens is 2. The fourth-order valence-corrected chi connectivity index (χ4v) is 2.83. The van der Waals surface area contributed by atoms with Gasteiger partial charge in [0.25, 0.3) is 0 Å². The fourth-order valence-electron chi connectivity index (χ4n) is 2.83. The lowest BCUT2D eigenvalue weighted by Crippen LogP contribution is -2.07. The Bertz CT molecular complexity index is 891. The largest absolute Gasteiger partial charge is 0.496 e. The summed E-state index contributed by atoms with van der Waals surface area (Å²) in [6.45, 7) is 6.94. The molecule has 0 amide bonds. The minimum absolute atomic E-state index is 0.520. The zero-order chi connectivity index (χ0) is 19.2. The second-order valence-corrected chi connectivity index (χ2v) is 6.79. The molecule has 0 unspecified atom stereocenters. The third-order valence-corrected chi connectivity index (χ3v) is 4.33. The standard InChI is InChI=1S/C22H26N4O/c1-15(2)17-9-11-19(12-10-17)25-21-13-16(3)24-22(26-21)23-14-18-7-5-6-8-20(18)27-4/h5-13,15H,14H2,1-4H3,(H2,23,24,25,26). The fraction of sp³-hybridized carbons (Fsp3) is 0.273. The van der Waals surface area contributed by atoms with Crippen LogP contribution in [0.3, 0.4) is 0 Å². The molecule has 0 saturated heterocycles. The van der Waals surface area contributed by atoms with Crippen molar-refractivity contribution in [3.8, 4) is 5.75 Å². The molecule has 27 heavy (non-hydrogen) atoms. The zero-order valence-corrected chi connectivity index (χ0v) is 16.3. The van der Waals surface area contributed by atoms with Gasteiger partial charge in [-0.1, -0.05) is 44.2 Å². The molecule has 0 saturated carbocycles. The third kappa shape index (κ3) is 4.97. The SMILES string of the molecule is COc1ccccc1CNc1nc(C)cc(Nc2ccc(C(C)C)cc2)n1. The number of para-hydroxylation sites is 1. The number of nitrogens with one attached hydrogen (secondary N) is 2. The van der Waals surface area contributed by atoms with Crippen LogP contribution in [0.1, 0.15) is 36.6 Å². The Balaban J connectivity index is 1.72. The van der Waals surface area contributed by atoms with E-state index in [9.17, 15) is 0 Å². The Labute approximate surface area is 160 Å². The van der Waals surface area contributed by atoms with E-state index in [0.717, 1.165) is 28.5 Å². The summed E-state index contributed by atoms with van der Waals surface area (Å²) in [6.07, 6.45) is 0. The molecule has 0 aliphatic rings. The van der Waals surface area contributed by atoms with Crippen molar-refractivity contribution in [2.45, 2.75) is 33.2 Å². The van der Waals surface area contributed by atoms with Crippen LogP contribution in [0, 0.1) is 6.92 Å². The van der Waals surface area contributed by atoms with Gasteiger partial charge in [-0.2, -0.15) is 4.98 Å². The van der Waals surface area contributed by atoms with E-state index in [1.165, 1.54) is 5.56 Å². The summed E-state index contributed by atoms with van der Waals surface area (Å²) in [4.78, 5) is 9.06. The second-order valence-electron chi connectivity index (χ2n) is 6.79. The normalized spacial score (nSPS) is 10.7. The summed E-state index contributed by atoms with van der Waals surface area (Å²) in [5, 5.41) is 6.64. The van der Waals surface area contributed by atoms with Gasteiger partial charge in [0.1, 0.15) is 11.6 Å². The highest BCUT2D eigenvalue weighted by molar-refractivity contribution is 5.58. The summed E-state index contributed by atoms with van der Waals surface area (Å²) < 4.78 is 5.39. The molecule has 3 aromatic rings. The van der Waals surface area contributed by atoms with E-state index < -0.39 is 0 Å². The van der Waals surface area contributed by atoms with Crippen LogP contribution < -0.4 is 15.4 Å². The molecular weight excluding hydrogens is 336 g/mol. The Morgan fingerprint density at radius 1 is 1.00 bits per heavy atom.